The molecule has 0 saturated carbocycles. The first-order valence-corrected chi connectivity index (χ1v) is 10.0. The molecule has 2 aromatic rings. The maximum atomic E-state index is 14.1. The van der Waals surface area contributed by atoms with Crippen LogP contribution >= 0.6 is 11.6 Å². The van der Waals surface area contributed by atoms with Crippen molar-refractivity contribution < 1.29 is 28.6 Å². The number of benzene rings is 2. The third-order valence-electron chi connectivity index (χ3n) is 4.73. The fourth-order valence-corrected chi connectivity index (χ4v) is 3.20. The Bertz CT molecular complexity index is 923. The van der Waals surface area contributed by atoms with Crippen LogP contribution in [0.5, 0.6) is 11.5 Å². The first-order chi connectivity index (χ1) is 14.6. The Labute approximate surface area is 185 Å². The van der Waals surface area contributed by atoms with Gasteiger partial charge in [-0.2, -0.15) is 0 Å². The van der Waals surface area contributed by atoms with Crippen molar-refractivity contribution in [3.63, 3.8) is 0 Å². The molecule has 3 N–H and O–H groups in total. The van der Waals surface area contributed by atoms with E-state index in [1.54, 1.807) is 45.2 Å². The van der Waals surface area contributed by atoms with Crippen molar-refractivity contribution in [2.75, 3.05) is 7.11 Å². The smallest absolute Gasteiger partial charge is 0.325 e. The van der Waals surface area contributed by atoms with Gasteiger partial charge >= 0.3 is 5.97 Å². The second-order valence-corrected chi connectivity index (χ2v) is 7.51. The second-order valence-electron chi connectivity index (χ2n) is 7.10. The van der Waals surface area contributed by atoms with Gasteiger partial charge in [0.25, 0.3) is 0 Å². The largest absolute Gasteiger partial charge is 0.497 e. The fraction of sp³-hybridized carbons (Fsp3) is 0.364. The van der Waals surface area contributed by atoms with Crippen LogP contribution in [0.3, 0.4) is 0 Å². The molecule has 0 saturated heterocycles. The molecule has 0 spiro atoms. The molecule has 0 bridgehead atoms. The average Bonchev–Trinajstić information content (AvgIpc) is 2.72. The molecule has 1 amide bonds. The molecule has 0 aliphatic rings. The van der Waals surface area contributed by atoms with E-state index in [2.05, 4.69) is 10.6 Å². The molecule has 0 heterocycles. The van der Waals surface area contributed by atoms with Gasteiger partial charge in [0.2, 0.25) is 5.91 Å². The van der Waals surface area contributed by atoms with Crippen LogP contribution < -0.4 is 20.1 Å². The number of rotatable bonds is 10. The summed E-state index contributed by atoms with van der Waals surface area (Å²) >= 11 is 6.28. The van der Waals surface area contributed by atoms with Crippen LogP contribution in [0, 0.1) is 5.82 Å². The Hall–Kier alpha value is -2.84. The molecular formula is C22H26ClFN2O5. The minimum Gasteiger partial charge on any atom is -0.497 e. The standard InChI is InChI=1S/C22H26ClFN2O5/c1-12(25-13(2)21(27)26-14(3)22(28)29)18-9-15(24)10-20(23)19(18)11-31-17-7-5-16(30-4)6-8-17/h5-10,12-14,25H,11H2,1-4H3,(H,26,27)(H,28,29)/t12-,13?,14-/m0/s1. The topological polar surface area (TPSA) is 96.9 Å². The number of halogens is 2. The molecule has 2 rings (SSSR count). The number of aliphatic carboxylic acids is 1. The van der Waals surface area contributed by atoms with Crippen molar-refractivity contribution in [1.29, 1.82) is 0 Å². The van der Waals surface area contributed by atoms with E-state index in [-0.39, 0.29) is 11.6 Å². The van der Waals surface area contributed by atoms with Gasteiger partial charge in [-0.05, 0) is 62.7 Å². The molecule has 0 aliphatic heterocycles. The van der Waals surface area contributed by atoms with Crippen molar-refractivity contribution in [3.05, 3.63) is 58.4 Å². The van der Waals surface area contributed by atoms with Gasteiger partial charge in [0.15, 0.2) is 0 Å². The van der Waals surface area contributed by atoms with Crippen LogP contribution in [0.15, 0.2) is 36.4 Å². The lowest BCUT2D eigenvalue weighted by Gasteiger charge is -2.23. The van der Waals surface area contributed by atoms with Crippen LogP contribution in [-0.4, -0.2) is 36.2 Å². The Morgan fingerprint density at radius 3 is 2.29 bits per heavy atom. The summed E-state index contributed by atoms with van der Waals surface area (Å²) in [6, 6.07) is 7.31. The summed E-state index contributed by atoms with van der Waals surface area (Å²) in [5.74, 6) is -0.861. The monoisotopic (exact) mass is 452 g/mol. The van der Waals surface area contributed by atoms with Crippen molar-refractivity contribution in [3.8, 4) is 11.5 Å². The summed E-state index contributed by atoms with van der Waals surface area (Å²) in [6.07, 6.45) is 0. The molecular weight excluding hydrogens is 427 g/mol. The normalized spacial score (nSPS) is 13.7. The lowest BCUT2D eigenvalue weighted by Crippen LogP contribution is -2.48. The third kappa shape index (κ3) is 6.83. The molecule has 0 radical (unpaired) electrons. The van der Waals surface area contributed by atoms with Crippen molar-refractivity contribution in [2.45, 2.75) is 45.5 Å². The summed E-state index contributed by atoms with van der Waals surface area (Å²) in [6.45, 7) is 4.81. The van der Waals surface area contributed by atoms with Crippen LogP contribution in [-0.2, 0) is 16.2 Å². The van der Waals surface area contributed by atoms with E-state index < -0.39 is 35.8 Å². The summed E-state index contributed by atoms with van der Waals surface area (Å²) in [5.41, 5.74) is 1.11. The minimum atomic E-state index is -1.14. The van der Waals surface area contributed by atoms with E-state index in [0.29, 0.717) is 22.6 Å². The number of carbonyl (C=O) groups is 2. The van der Waals surface area contributed by atoms with E-state index >= 15 is 0 Å². The Morgan fingerprint density at radius 1 is 1.10 bits per heavy atom. The molecule has 9 heteroatoms. The summed E-state index contributed by atoms with van der Waals surface area (Å²) in [4.78, 5) is 23.2. The molecule has 3 atom stereocenters. The second kappa shape index (κ2) is 11.0. The minimum absolute atomic E-state index is 0.0867. The Balaban J connectivity index is 2.14. The predicted molar refractivity (Wildman–Crippen MR) is 115 cm³/mol. The van der Waals surface area contributed by atoms with Crippen LogP contribution in [0.2, 0.25) is 5.02 Å². The average molecular weight is 453 g/mol. The molecule has 2 aromatic carbocycles. The highest BCUT2D eigenvalue weighted by atomic mass is 35.5. The lowest BCUT2D eigenvalue weighted by molar-refractivity contribution is -0.141. The van der Waals surface area contributed by atoms with E-state index in [4.69, 9.17) is 26.2 Å². The number of methoxy groups -OCH3 is 1. The van der Waals surface area contributed by atoms with E-state index in [1.807, 2.05) is 0 Å². The maximum absolute atomic E-state index is 14.1. The van der Waals surface area contributed by atoms with Gasteiger partial charge in [-0.3, -0.25) is 14.9 Å². The van der Waals surface area contributed by atoms with Crippen LogP contribution in [0.1, 0.15) is 37.9 Å². The first-order valence-electron chi connectivity index (χ1n) is 9.66. The molecule has 168 valence electrons. The Kier molecular flexibility index (Phi) is 8.65. The zero-order valence-electron chi connectivity index (χ0n) is 17.7. The van der Waals surface area contributed by atoms with Gasteiger partial charge in [0, 0.05) is 11.6 Å². The lowest BCUT2D eigenvalue weighted by atomic mass is 10.0. The number of hydrogen-bond donors (Lipinski definition) is 3. The molecule has 0 aromatic heterocycles. The quantitative estimate of drug-likeness (QED) is 0.508. The van der Waals surface area contributed by atoms with Gasteiger partial charge in [-0.1, -0.05) is 11.6 Å². The van der Waals surface area contributed by atoms with E-state index in [9.17, 15) is 14.0 Å². The number of nitrogens with one attached hydrogen (secondary N) is 2. The van der Waals surface area contributed by atoms with Crippen LogP contribution in [0.25, 0.3) is 0 Å². The number of ether oxygens (including phenoxy) is 2. The summed E-state index contributed by atoms with van der Waals surface area (Å²) in [5, 5.41) is 14.6. The van der Waals surface area contributed by atoms with E-state index in [1.165, 1.54) is 19.1 Å². The number of amides is 1. The highest BCUT2D eigenvalue weighted by Gasteiger charge is 2.23. The molecule has 7 nitrogen and oxygen atoms in total. The first kappa shape index (κ1) is 24.4. The van der Waals surface area contributed by atoms with Gasteiger partial charge in [0.1, 0.15) is 30.0 Å². The van der Waals surface area contributed by atoms with Crippen molar-refractivity contribution >= 4 is 23.5 Å². The molecule has 31 heavy (non-hydrogen) atoms. The number of carboxylic acids is 1. The summed E-state index contributed by atoms with van der Waals surface area (Å²) in [7, 11) is 1.57. The molecule has 0 fully saturated rings. The van der Waals surface area contributed by atoms with Gasteiger partial charge in [0.05, 0.1) is 18.2 Å². The fourth-order valence-electron chi connectivity index (χ4n) is 2.93. The zero-order chi connectivity index (χ0) is 23.1. The van der Waals surface area contributed by atoms with Crippen LogP contribution in [0.4, 0.5) is 4.39 Å². The molecule has 1 unspecified atom stereocenters. The number of carboxylic acid groups (broad SMARTS) is 1. The van der Waals surface area contributed by atoms with Gasteiger partial charge in [-0.25, -0.2) is 4.39 Å². The van der Waals surface area contributed by atoms with Gasteiger partial charge < -0.3 is 19.9 Å². The predicted octanol–water partition coefficient (Wildman–Crippen LogP) is 3.70. The maximum Gasteiger partial charge on any atom is 0.325 e. The van der Waals surface area contributed by atoms with E-state index in [0.717, 1.165) is 0 Å². The third-order valence-corrected chi connectivity index (χ3v) is 5.06. The number of hydrogen-bond acceptors (Lipinski definition) is 5. The summed E-state index contributed by atoms with van der Waals surface area (Å²) < 4.78 is 25.0. The highest BCUT2D eigenvalue weighted by Crippen LogP contribution is 2.29. The van der Waals surface area contributed by atoms with Gasteiger partial charge in [-0.15, -0.1) is 0 Å². The Morgan fingerprint density at radius 2 is 1.71 bits per heavy atom. The SMILES string of the molecule is COc1ccc(OCc2c(Cl)cc(F)cc2[C@H](C)NC(C)C(=O)N[C@@H](C)C(=O)O)cc1. The zero-order valence-corrected chi connectivity index (χ0v) is 18.5. The highest BCUT2D eigenvalue weighted by molar-refractivity contribution is 6.31. The van der Waals surface area contributed by atoms with Crippen molar-refractivity contribution in [2.24, 2.45) is 0 Å². The molecule has 0 aliphatic carbocycles. The van der Waals surface area contributed by atoms with Crippen molar-refractivity contribution in [1.82, 2.24) is 10.6 Å². The number of carbonyl (C=O) groups excluding carboxylic acids is 1.